The van der Waals surface area contributed by atoms with Crippen molar-refractivity contribution in [3.8, 4) is 5.75 Å². The second-order valence-electron chi connectivity index (χ2n) is 5.15. The van der Waals surface area contributed by atoms with E-state index in [9.17, 15) is 0 Å². The Hall–Kier alpha value is -2.48. The molecule has 21 heavy (non-hydrogen) atoms. The lowest BCUT2D eigenvalue weighted by Crippen LogP contribution is -1.96. The monoisotopic (exact) mass is 277 g/mol. The Morgan fingerprint density at radius 3 is 2.67 bits per heavy atom. The third-order valence-corrected chi connectivity index (χ3v) is 3.62. The highest BCUT2D eigenvalue weighted by Crippen LogP contribution is 2.32. The maximum atomic E-state index is 6.05. The Morgan fingerprint density at radius 2 is 1.90 bits per heavy atom. The molecule has 0 fully saturated rings. The molecule has 0 aliphatic heterocycles. The van der Waals surface area contributed by atoms with Crippen molar-refractivity contribution in [2.75, 3.05) is 0 Å². The molecule has 1 N–H and O–H groups in total. The van der Waals surface area contributed by atoms with Crippen LogP contribution in [0.1, 0.15) is 23.6 Å². The van der Waals surface area contributed by atoms with Crippen LogP contribution in [0.2, 0.25) is 0 Å². The molecule has 106 valence electrons. The molecule has 1 aromatic heterocycles. The van der Waals surface area contributed by atoms with E-state index in [1.807, 2.05) is 37.4 Å². The van der Waals surface area contributed by atoms with Crippen molar-refractivity contribution in [1.82, 2.24) is 4.98 Å². The number of aromatic amines is 1. The van der Waals surface area contributed by atoms with Crippen molar-refractivity contribution in [3.63, 3.8) is 0 Å². The van der Waals surface area contributed by atoms with Gasteiger partial charge in [-0.25, -0.2) is 0 Å². The zero-order valence-corrected chi connectivity index (χ0v) is 12.4. The van der Waals surface area contributed by atoms with Crippen molar-refractivity contribution in [2.24, 2.45) is 0 Å². The van der Waals surface area contributed by atoms with Crippen LogP contribution in [0.4, 0.5) is 0 Å². The summed E-state index contributed by atoms with van der Waals surface area (Å²) in [6, 6.07) is 14.4. The molecule has 0 saturated heterocycles. The molecule has 2 nitrogen and oxygen atoms in total. The molecule has 0 bridgehead atoms. The lowest BCUT2D eigenvalue weighted by Gasteiger charge is -2.09. The minimum atomic E-state index is 0.583. The van der Waals surface area contributed by atoms with E-state index in [2.05, 4.69) is 42.2 Å². The van der Waals surface area contributed by atoms with E-state index >= 15 is 0 Å². The van der Waals surface area contributed by atoms with Gasteiger partial charge in [0.25, 0.3) is 0 Å². The van der Waals surface area contributed by atoms with E-state index in [1.54, 1.807) is 0 Å². The Morgan fingerprint density at radius 1 is 1.10 bits per heavy atom. The van der Waals surface area contributed by atoms with Gasteiger partial charge in [0.05, 0.1) is 5.52 Å². The molecule has 0 spiro atoms. The molecule has 0 aliphatic rings. The maximum absolute atomic E-state index is 6.05. The molecule has 0 saturated carbocycles. The maximum Gasteiger partial charge on any atom is 0.129 e. The van der Waals surface area contributed by atoms with Crippen LogP contribution < -0.4 is 4.74 Å². The number of aryl methyl sites for hydroxylation is 1. The third-order valence-electron chi connectivity index (χ3n) is 3.62. The van der Waals surface area contributed by atoms with Gasteiger partial charge in [-0.1, -0.05) is 48.6 Å². The van der Waals surface area contributed by atoms with Crippen LogP contribution in [-0.4, -0.2) is 4.98 Å². The molecule has 0 unspecified atom stereocenters. The number of benzene rings is 2. The standard InChI is InChI=1S/C19H19NO/c1-3-7-16-12-20-19-14(2)10-11-17(18(16)19)21-13-15-8-5-4-6-9-15/h3-12,20H,13H2,1-2H3/b7-3+. The summed E-state index contributed by atoms with van der Waals surface area (Å²) < 4.78 is 6.05. The summed E-state index contributed by atoms with van der Waals surface area (Å²) >= 11 is 0. The van der Waals surface area contributed by atoms with Crippen molar-refractivity contribution in [2.45, 2.75) is 20.5 Å². The fraction of sp³-hybridized carbons (Fsp3) is 0.158. The Kier molecular flexibility index (Phi) is 3.78. The van der Waals surface area contributed by atoms with Crippen molar-refractivity contribution < 1.29 is 4.74 Å². The summed E-state index contributed by atoms with van der Waals surface area (Å²) in [5.41, 5.74) is 4.72. The lowest BCUT2D eigenvalue weighted by molar-refractivity contribution is 0.310. The first kappa shape index (κ1) is 13.5. The number of hydrogen-bond acceptors (Lipinski definition) is 1. The number of fused-ring (bicyclic) bond motifs is 1. The SMILES string of the molecule is C/C=C/c1c[nH]c2c(C)ccc(OCc3ccccc3)c12. The number of aromatic nitrogens is 1. The molecule has 0 amide bonds. The summed E-state index contributed by atoms with van der Waals surface area (Å²) in [6.07, 6.45) is 6.19. The van der Waals surface area contributed by atoms with E-state index in [0.717, 1.165) is 16.7 Å². The van der Waals surface area contributed by atoms with Crippen LogP contribution in [0.15, 0.2) is 54.7 Å². The predicted molar refractivity (Wildman–Crippen MR) is 88.5 cm³/mol. The third kappa shape index (κ3) is 2.70. The number of nitrogens with one attached hydrogen (secondary N) is 1. The number of H-pyrrole nitrogens is 1. The zero-order chi connectivity index (χ0) is 14.7. The number of allylic oxidation sites excluding steroid dienone is 1. The molecule has 2 aromatic carbocycles. The minimum absolute atomic E-state index is 0.583. The first-order chi connectivity index (χ1) is 10.3. The van der Waals surface area contributed by atoms with Crippen molar-refractivity contribution in [1.29, 1.82) is 0 Å². The van der Waals surface area contributed by atoms with Gasteiger partial charge in [-0.05, 0) is 31.0 Å². The Labute approximate surface area is 125 Å². The second-order valence-corrected chi connectivity index (χ2v) is 5.15. The highest BCUT2D eigenvalue weighted by atomic mass is 16.5. The van der Waals surface area contributed by atoms with E-state index in [-0.39, 0.29) is 0 Å². The van der Waals surface area contributed by atoms with Gasteiger partial charge >= 0.3 is 0 Å². The first-order valence-electron chi connectivity index (χ1n) is 7.19. The van der Waals surface area contributed by atoms with Gasteiger partial charge in [0, 0.05) is 17.1 Å². The predicted octanol–water partition coefficient (Wildman–Crippen LogP) is 5.09. The molecule has 0 aliphatic carbocycles. The smallest absolute Gasteiger partial charge is 0.129 e. The average Bonchev–Trinajstić information content (AvgIpc) is 2.93. The number of ether oxygens (including phenoxy) is 1. The quantitative estimate of drug-likeness (QED) is 0.706. The summed E-state index contributed by atoms with van der Waals surface area (Å²) in [7, 11) is 0. The Bertz CT molecular complexity index is 769. The highest BCUT2D eigenvalue weighted by Gasteiger charge is 2.10. The van der Waals surface area contributed by atoms with Gasteiger partial charge in [-0.2, -0.15) is 0 Å². The van der Waals surface area contributed by atoms with Gasteiger partial charge in [0.1, 0.15) is 12.4 Å². The second kappa shape index (κ2) is 5.88. The van der Waals surface area contributed by atoms with E-state index < -0.39 is 0 Å². The van der Waals surface area contributed by atoms with E-state index in [4.69, 9.17) is 4.74 Å². The van der Waals surface area contributed by atoms with Crippen LogP contribution in [0.3, 0.4) is 0 Å². The van der Waals surface area contributed by atoms with Crippen LogP contribution >= 0.6 is 0 Å². The van der Waals surface area contributed by atoms with Gasteiger partial charge < -0.3 is 9.72 Å². The molecule has 0 radical (unpaired) electrons. The molecule has 2 heteroatoms. The largest absolute Gasteiger partial charge is 0.488 e. The number of hydrogen-bond donors (Lipinski definition) is 1. The topological polar surface area (TPSA) is 25.0 Å². The van der Waals surface area contributed by atoms with Crippen LogP contribution in [0, 0.1) is 6.92 Å². The van der Waals surface area contributed by atoms with Crippen LogP contribution in [0.5, 0.6) is 5.75 Å². The van der Waals surface area contributed by atoms with Gasteiger partial charge in [0.15, 0.2) is 0 Å². The van der Waals surface area contributed by atoms with E-state index in [1.165, 1.54) is 16.7 Å². The average molecular weight is 277 g/mol. The normalized spacial score (nSPS) is 11.3. The van der Waals surface area contributed by atoms with Crippen molar-refractivity contribution >= 4 is 17.0 Å². The summed E-state index contributed by atoms with van der Waals surface area (Å²) in [5, 5.41) is 1.16. The fourth-order valence-electron chi connectivity index (χ4n) is 2.55. The highest BCUT2D eigenvalue weighted by molar-refractivity contribution is 5.95. The summed E-state index contributed by atoms with van der Waals surface area (Å²) in [5.74, 6) is 0.925. The Balaban J connectivity index is 1.98. The van der Waals surface area contributed by atoms with Gasteiger partial charge in [-0.3, -0.25) is 0 Å². The van der Waals surface area contributed by atoms with Crippen LogP contribution in [0.25, 0.3) is 17.0 Å². The van der Waals surface area contributed by atoms with Crippen molar-refractivity contribution in [3.05, 3.63) is 71.4 Å². The number of rotatable bonds is 4. The lowest BCUT2D eigenvalue weighted by atomic mass is 10.1. The van der Waals surface area contributed by atoms with Gasteiger partial charge in [0.2, 0.25) is 0 Å². The van der Waals surface area contributed by atoms with Gasteiger partial charge in [-0.15, -0.1) is 0 Å². The van der Waals surface area contributed by atoms with E-state index in [0.29, 0.717) is 6.61 Å². The molecule has 3 rings (SSSR count). The molecule has 3 aromatic rings. The molecular formula is C19H19NO. The molecule has 1 heterocycles. The summed E-state index contributed by atoms with van der Waals surface area (Å²) in [6.45, 7) is 4.72. The fourth-order valence-corrected chi connectivity index (χ4v) is 2.55. The molecular weight excluding hydrogens is 258 g/mol. The summed E-state index contributed by atoms with van der Waals surface area (Å²) in [4.78, 5) is 3.35. The minimum Gasteiger partial charge on any atom is -0.488 e. The van der Waals surface area contributed by atoms with Crippen LogP contribution in [-0.2, 0) is 6.61 Å². The molecule has 0 atom stereocenters. The first-order valence-corrected chi connectivity index (χ1v) is 7.19. The zero-order valence-electron chi connectivity index (χ0n) is 12.4.